The lowest BCUT2D eigenvalue weighted by atomic mass is 9.93. The zero-order chi connectivity index (χ0) is 17.4. The van der Waals surface area contributed by atoms with Gasteiger partial charge in [-0.1, -0.05) is 13.3 Å². The predicted octanol–water partition coefficient (Wildman–Crippen LogP) is 3.08. The first kappa shape index (κ1) is 16.1. The van der Waals surface area contributed by atoms with Crippen molar-refractivity contribution in [2.24, 2.45) is 11.8 Å². The van der Waals surface area contributed by atoms with E-state index in [-0.39, 0.29) is 5.97 Å². The van der Waals surface area contributed by atoms with Gasteiger partial charge in [0.2, 0.25) is 0 Å². The molecule has 3 atom stereocenters. The zero-order valence-corrected chi connectivity index (χ0v) is 14.6. The van der Waals surface area contributed by atoms with Crippen LogP contribution in [0.25, 0.3) is 16.8 Å². The molecule has 1 N–H and O–H groups in total. The summed E-state index contributed by atoms with van der Waals surface area (Å²) in [5.41, 5.74) is 2.61. The largest absolute Gasteiger partial charge is 0.466 e. The van der Waals surface area contributed by atoms with Crippen molar-refractivity contribution in [2.75, 3.05) is 6.61 Å². The minimum Gasteiger partial charge on any atom is -0.466 e. The summed E-state index contributed by atoms with van der Waals surface area (Å²) in [6, 6.07) is 2.01. The number of nitrogens with one attached hydrogen (secondary N) is 1. The number of hydrogen-bond acceptors (Lipinski definition) is 5. The van der Waals surface area contributed by atoms with Crippen molar-refractivity contribution < 1.29 is 9.53 Å². The van der Waals surface area contributed by atoms with Crippen LogP contribution in [-0.2, 0) is 9.53 Å². The smallest absolute Gasteiger partial charge is 0.306 e. The number of fused-ring (bicyclic) bond motifs is 3. The Morgan fingerprint density at radius 1 is 1.36 bits per heavy atom. The SMILES string of the molecule is CCOC(=O)CC1C[C@H](CC)[C@H](c2nnc3cnc4[nH]ccc4n23)C1. The Kier molecular flexibility index (Phi) is 4.15. The molecule has 7 nitrogen and oxygen atoms in total. The number of rotatable bonds is 5. The van der Waals surface area contributed by atoms with Gasteiger partial charge in [0.1, 0.15) is 5.82 Å². The van der Waals surface area contributed by atoms with E-state index in [4.69, 9.17) is 4.74 Å². The molecule has 1 unspecified atom stereocenters. The van der Waals surface area contributed by atoms with Crippen molar-refractivity contribution in [3.63, 3.8) is 0 Å². The number of nitrogens with zero attached hydrogens (tertiary/aromatic N) is 4. The normalized spacial score (nSPS) is 23.5. The lowest BCUT2D eigenvalue weighted by Gasteiger charge is -2.16. The quantitative estimate of drug-likeness (QED) is 0.721. The Hall–Kier alpha value is -2.44. The predicted molar refractivity (Wildman–Crippen MR) is 93.1 cm³/mol. The summed E-state index contributed by atoms with van der Waals surface area (Å²) >= 11 is 0. The third-order valence-electron chi connectivity index (χ3n) is 5.38. The molecule has 7 heteroatoms. The first-order chi connectivity index (χ1) is 12.2. The third kappa shape index (κ3) is 2.77. The number of ether oxygens (including phenoxy) is 1. The summed E-state index contributed by atoms with van der Waals surface area (Å²) in [5.74, 6) is 2.06. The molecule has 1 aliphatic rings. The Bertz CT molecular complexity index is 899. The number of H-pyrrole nitrogens is 1. The third-order valence-corrected chi connectivity index (χ3v) is 5.38. The highest BCUT2D eigenvalue weighted by atomic mass is 16.5. The van der Waals surface area contributed by atoms with Crippen LogP contribution < -0.4 is 0 Å². The van der Waals surface area contributed by atoms with Gasteiger partial charge in [0.05, 0.1) is 18.3 Å². The molecule has 132 valence electrons. The molecule has 0 aliphatic heterocycles. The number of aromatic amines is 1. The first-order valence-electron chi connectivity index (χ1n) is 9.04. The number of esters is 1. The molecule has 3 aromatic heterocycles. The van der Waals surface area contributed by atoms with Gasteiger partial charge in [-0.05, 0) is 37.7 Å². The van der Waals surface area contributed by atoms with Crippen LogP contribution in [0.4, 0.5) is 0 Å². The van der Waals surface area contributed by atoms with E-state index in [0.29, 0.717) is 30.8 Å². The van der Waals surface area contributed by atoms with E-state index in [9.17, 15) is 4.79 Å². The highest BCUT2D eigenvalue weighted by Gasteiger charge is 2.38. The summed E-state index contributed by atoms with van der Waals surface area (Å²) in [4.78, 5) is 19.4. The van der Waals surface area contributed by atoms with Crippen LogP contribution in [0.5, 0.6) is 0 Å². The fraction of sp³-hybridized carbons (Fsp3) is 0.556. The van der Waals surface area contributed by atoms with E-state index in [1.807, 2.05) is 19.2 Å². The van der Waals surface area contributed by atoms with E-state index >= 15 is 0 Å². The second-order valence-corrected chi connectivity index (χ2v) is 6.84. The van der Waals surface area contributed by atoms with Gasteiger partial charge in [-0.25, -0.2) is 4.98 Å². The second-order valence-electron chi connectivity index (χ2n) is 6.84. The van der Waals surface area contributed by atoms with E-state index in [2.05, 4.69) is 31.5 Å². The van der Waals surface area contributed by atoms with Crippen LogP contribution in [0.1, 0.15) is 51.3 Å². The zero-order valence-electron chi connectivity index (χ0n) is 14.6. The lowest BCUT2D eigenvalue weighted by molar-refractivity contribution is -0.144. The van der Waals surface area contributed by atoms with E-state index in [0.717, 1.165) is 41.9 Å². The summed E-state index contributed by atoms with van der Waals surface area (Å²) < 4.78 is 7.24. The van der Waals surface area contributed by atoms with Gasteiger partial charge >= 0.3 is 5.97 Å². The molecule has 0 radical (unpaired) electrons. The average Bonchev–Trinajstić information content (AvgIpc) is 3.31. The average molecular weight is 341 g/mol. The molecule has 3 aromatic rings. The molecule has 0 spiro atoms. The minimum absolute atomic E-state index is 0.0914. The first-order valence-corrected chi connectivity index (χ1v) is 9.04. The van der Waals surface area contributed by atoms with E-state index in [1.165, 1.54) is 0 Å². The van der Waals surface area contributed by atoms with Gasteiger partial charge < -0.3 is 9.72 Å². The van der Waals surface area contributed by atoms with Crippen molar-refractivity contribution in [3.05, 3.63) is 24.3 Å². The van der Waals surface area contributed by atoms with Crippen LogP contribution in [0.15, 0.2) is 18.5 Å². The summed E-state index contributed by atoms with van der Waals surface area (Å²) in [6.45, 7) is 4.50. The second kappa shape index (κ2) is 6.46. The number of carbonyl (C=O) groups is 1. The van der Waals surface area contributed by atoms with Crippen LogP contribution >= 0.6 is 0 Å². The van der Waals surface area contributed by atoms with Gasteiger partial charge in [0.15, 0.2) is 11.3 Å². The molecule has 3 heterocycles. The van der Waals surface area contributed by atoms with Crippen LogP contribution in [0.2, 0.25) is 0 Å². The van der Waals surface area contributed by atoms with Gasteiger partial charge in [-0.2, -0.15) is 0 Å². The maximum Gasteiger partial charge on any atom is 0.306 e. The van der Waals surface area contributed by atoms with E-state index < -0.39 is 0 Å². The number of carbonyl (C=O) groups excluding carboxylic acids is 1. The molecule has 4 rings (SSSR count). The molecule has 1 saturated carbocycles. The Morgan fingerprint density at radius 3 is 3.04 bits per heavy atom. The highest BCUT2D eigenvalue weighted by molar-refractivity contribution is 5.74. The molecular formula is C18H23N5O2. The van der Waals surface area contributed by atoms with Gasteiger partial charge in [-0.15, -0.1) is 10.2 Å². The highest BCUT2D eigenvalue weighted by Crippen LogP contribution is 2.45. The molecule has 1 fully saturated rings. The molecule has 1 aliphatic carbocycles. The minimum atomic E-state index is -0.0914. The van der Waals surface area contributed by atoms with Gasteiger partial charge in [0.25, 0.3) is 0 Å². The molecular weight excluding hydrogens is 318 g/mol. The molecule has 0 bridgehead atoms. The standard InChI is InChI=1S/C18H23N5O2/c1-3-12-7-11(9-16(24)25-4-2)8-13(12)18-22-21-15-10-20-17-14(23(15)18)5-6-19-17/h5-6,10-13,19H,3-4,7-9H2,1-2H3/t11?,12-,13+/m0/s1. The van der Waals surface area contributed by atoms with Crippen LogP contribution in [-0.4, -0.2) is 37.1 Å². The van der Waals surface area contributed by atoms with Crippen LogP contribution in [0, 0.1) is 11.8 Å². The molecule has 0 aromatic carbocycles. The monoisotopic (exact) mass is 341 g/mol. The van der Waals surface area contributed by atoms with E-state index in [1.54, 1.807) is 6.20 Å². The van der Waals surface area contributed by atoms with Gasteiger partial charge in [-0.3, -0.25) is 9.20 Å². The van der Waals surface area contributed by atoms with Crippen molar-refractivity contribution in [1.29, 1.82) is 0 Å². The number of aromatic nitrogens is 5. The van der Waals surface area contributed by atoms with Crippen molar-refractivity contribution in [2.45, 2.75) is 45.4 Å². The summed E-state index contributed by atoms with van der Waals surface area (Å²) in [6.07, 6.45) is 7.19. The Balaban J connectivity index is 1.67. The molecule has 25 heavy (non-hydrogen) atoms. The van der Waals surface area contributed by atoms with Crippen molar-refractivity contribution >= 4 is 22.8 Å². The number of hydrogen-bond donors (Lipinski definition) is 1. The molecule has 0 saturated heterocycles. The fourth-order valence-electron chi connectivity index (χ4n) is 4.27. The summed E-state index contributed by atoms with van der Waals surface area (Å²) in [7, 11) is 0. The summed E-state index contributed by atoms with van der Waals surface area (Å²) in [5, 5.41) is 8.82. The van der Waals surface area contributed by atoms with Crippen molar-refractivity contribution in [1.82, 2.24) is 24.6 Å². The fourth-order valence-corrected chi connectivity index (χ4v) is 4.27. The maximum absolute atomic E-state index is 11.9. The topological polar surface area (TPSA) is 85.2 Å². The lowest BCUT2D eigenvalue weighted by Crippen LogP contribution is -2.10. The Morgan fingerprint density at radius 2 is 2.24 bits per heavy atom. The van der Waals surface area contributed by atoms with Gasteiger partial charge in [0, 0.05) is 18.5 Å². The van der Waals surface area contributed by atoms with Crippen molar-refractivity contribution in [3.8, 4) is 0 Å². The maximum atomic E-state index is 11.9. The molecule has 0 amide bonds. The Labute approximate surface area is 145 Å². The van der Waals surface area contributed by atoms with Crippen LogP contribution in [0.3, 0.4) is 0 Å².